The molecule has 0 amide bonds. The van der Waals surface area contributed by atoms with Crippen molar-refractivity contribution < 1.29 is 0 Å². The summed E-state index contributed by atoms with van der Waals surface area (Å²) in [5, 5.41) is 4.57. The first-order chi connectivity index (χ1) is 14.6. The van der Waals surface area contributed by atoms with Crippen molar-refractivity contribution in [3.63, 3.8) is 0 Å². The van der Waals surface area contributed by atoms with Crippen molar-refractivity contribution in [2.45, 2.75) is 20.5 Å². The highest BCUT2D eigenvalue weighted by Crippen LogP contribution is 2.16. The molecule has 156 valence electrons. The Morgan fingerprint density at radius 2 is 1.70 bits per heavy atom. The molecule has 1 aromatic heterocycles. The molecule has 1 fully saturated rings. The second kappa shape index (κ2) is 9.51. The Labute approximate surface area is 183 Å². The van der Waals surface area contributed by atoms with E-state index < -0.39 is 0 Å². The lowest BCUT2D eigenvalue weighted by Crippen LogP contribution is -2.46. The van der Waals surface area contributed by atoms with E-state index in [0.29, 0.717) is 0 Å². The first-order valence-corrected chi connectivity index (χ1v) is 10.9. The average molecular weight is 420 g/mol. The molecule has 6 heteroatoms. The second-order valence-electron chi connectivity index (χ2n) is 7.95. The molecule has 1 saturated heterocycles. The van der Waals surface area contributed by atoms with Crippen LogP contribution >= 0.6 is 12.2 Å². The van der Waals surface area contributed by atoms with Gasteiger partial charge < -0.3 is 0 Å². The van der Waals surface area contributed by atoms with Crippen molar-refractivity contribution in [1.29, 1.82) is 0 Å². The van der Waals surface area contributed by atoms with E-state index in [4.69, 9.17) is 12.2 Å². The maximum absolute atomic E-state index is 5.72. The number of aromatic nitrogens is 3. The highest BCUT2D eigenvalue weighted by atomic mass is 32.1. The molecule has 0 unspecified atom stereocenters. The Balaban J connectivity index is 1.32. The van der Waals surface area contributed by atoms with Crippen LogP contribution in [0.25, 0.3) is 11.8 Å². The molecule has 2 aromatic carbocycles. The van der Waals surface area contributed by atoms with Gasteiger partial charge in [-0.3, -0.25) is 14.4 Å². The van der Waals surface area contributed by atoms with Crippen molar-refractivity contribution in [3.8, 4) is 5.69 Å². The average Bonchev–Trinajstić information content (AvgIpc) is 3.12. The van der Waals surface area contributed by atoms with Crippen molar-refractivity contribution in [2.24, 2.45) is 0 Å². The molecule has 0 atom stereocenters. The van der Waals surface area contributed by atoms with E-state index >= 15 is 0 Å². The molecule has 2 heterocycles. The summed E-state index contributed by atoms with van der Waals surface area (Å²) in [7, 11) is 0. The molecule has 0 aliphatic carbocycles. The van der Waals surface area contributed by atoms with Gasteiger partial charge >= 0.3 is 0 Å². The number of rotatable bonds is 6. The third-order valence-electron chi connectivity index (χ3n) is 5.63. The van der Waals surface area contributed by atoms with Crippen LogP contribution in [-0.4, -0.2) is 56.9 Å². The maximum atomic E-state index is 5.72. The van der Waals surface area contributed by atoms with Gasteiger partial charge in [0.1, 0.15) is 6.33 Å². The summed E-state index contributed by atoms with van der Waals surface area (Å²) in [6.07, 6.45) is 6.30. The van der Waals surface area contributed by atoms with Gasteiger partial charge in [0, 0.05) is 32.7 Å². The minimum atomic E-state index is 0.740. The highest BCUT2D eigenvalue weighted by molar-refractivity contribution is 7.71. The zero-order valence-corrected chi connectivity index (χ0v) is 18.6. The normalized spacial score (nSPS) is 15.8. The quantitative estimate of drug-likeness (QED) is 0.557. The van der Waals surface area contributed by atoms with Gasteiger partial charge in [-0.15, -0.1) is 0 Å². The molecular weight excluding hydrogens is 390 g/mol. The van der Waals surface area contributed by atoms with E-state index in [1.165, 1.54) is 16.7 Å². The van der Waals surface area contributed by atoms with Crippen molar-refractivity contribution in [3.05, 3.63) is 82.4 Å². The molecule has 0 spiro atoms. The lowest BCUT2D eigenvalue weighted by Gasteiger charge is -2.33. The lowest BCUT2D eigenvalue weighted by molar-refractivity contribution is 0.110. The Kier molecular flexibility index (Phi) is 6.57. The van der Waals surface area contributed by atoms with Crippen LogP contribution in [0.2, 0.25) is 0 Å². The number of hydrogen-bond donors (Lipinski definition) is 0. The molecule has 1 aliphatic heterocycles. The number of benzene rings is 2. The number of piperazine rings is 1. The van der Waals surface area contributed by atoms with E-state index in [2.05, 4.69) is 83.4 Å². The summed E-state index contributed by atoms with van der Waals surface area (Å²) in [5.74, 6) is 0. The lowest BCUT2D eigenvalue weighted by atomic mass is 10.1. The van der Waals surface area contributed by atoms with Gasteiger partial charge in [0.15, 0.2) is 0 Å². The van der Waals surface area contributed by atoms with Crippen LogP contribution in [0.4, 0.5) is 0 Å². The van der Waals surface area contributed by atoms with Gasteiger partial charge in [0.25, 0.3) is 0 Å². The van der Waals surface area contributed by atoms with Gasteiger partial charge in [-0.05, 0) is 48.8 Å². The van der Waals surface area contributed by atoms with Gasteiger partial charge in [0.05, 0.1) is 12.4 Å². The van der Waals surface area contributed by atoms with E-state index in [1.807, 2.05) is 21.6 Å². The molecule has 5 nitrogen and oxygen atoms in total. The Morgan fingerprint density at radius 3 is 2.47 bits per heavy atom. The largest absolute Gasteiger partial charge is 0.297 e. The molecule has 0 saturated carbocycles. The summed E-state index contributed by atoms with van der Waals surface area (Å²) in [6.45, 7) is 10.1. The SMILES string of the molecule is Cc1ccc(C)c(-n2cnn(CN3CCN(C/C=C/c4ccccc4)CC3)c2=S)c1. The van der Waals surface area contributed by atoms with Crippen LogP contribution in [0.1, 0.15) is 16.7 Å². The summed E-state index contributed by atoms with van der Waals surface area (Å²) in [6, 6.07) is 16.9. The van der Waals surface area contributed by atoms with Gasteiger partial charge in [0.2, 0.25) is 4.77 Å². The van der Waals surface area contributed by atoms with Crippen molar-refractivity contribution in [1.82, 2.24) is 24.1 Å². The van der Waals surface area contributed by atoms with E-state index in [9.17, 15) is 0 Å². The van der Waals surface area contributed by atoms with E-state index in [-0.39, 0.29) is 0 Å². The van der Waals surface area contributed by atoms with Crippen LogP contribution in [-0.2, 0) is 6.67 Å². The topological polar surface area (TPSA) is 29.2 Å². The fourth-order valence-corrected chi connectivity index (χ4v) is 4.03. The minimum Gasteiger partial charge on any atom is -0.297 e. The standard InChI is InChI=1S/C24H29N5S/c1-20-10-11-21(2)23(17-20)28-18-25-29(24(28)30)19-27-15-13-26(14-16-27)12-6-9-22-7-4-3-5-8-22/h3-11,17-18H,12-16,19H2,1-2H3/b9-6+. The fourth-order valence-electron chi connectivity index (χ4n) is 3.78. The smallest absolute Gasteiger partial charge is 0.203 e. The monoisotopic (exact) mass is 419 g/mol. The molecule has 0 radical (unpaired) electrons. The predicted octanol–water partition coefficient (Wildman–Crippen LogP) is 4.31. The number of aryl methyl sites for hydroxylation is 2. The van der Waals surface area contributed by atoms with Crippen molar-refractivity contribution >= 4 is 18.3 Å². The first-order valence-electron chi connectivity index (χ1n) is 10.5. The minimum absolute atomic E-state index is 0.740. The summed E-state index contributed by atoms with van der Waals surface area (Å²) in [4.78, 5) is 4.91. The summed E-state index contributed by atoms with van der Waals surface area (Å²) >= 11 is 5.72. The molecule has 4 rings (SSSR count). The van der Waals surface area contributed by atoms with Crippen LogP contribution in [0.3, 0.4) is 0 Å². The van der Waals surface area contributed by atoms with Crippen molar-refractivity contribution in [2.75, 3.05) is 32.7 Å². The summed E-state index contributed by atoms with van der Waals surface area (Å²) in [5.41, 5.74) is 4.79. The zero-order chi connectivity index (χ0) is 20.9. The Hall–Kier alpha value is -2.54. The Bertz CT molecular complexity index is 1060. The summed E-state index contributed by atoms with van der Waals surface area (Å²) < 4.78 is 4.70. The third kappa shape index (κ3) is 4.95. The Morgan fingerprint density at radius 1 is 0.967 bits per heavy atom. The predicted molar refractivity (Wildman–Crippen MR) is 125 cm³/mol. The number of nitrogens with zero attached hydrogens (tertiary/aromatic N) is 5. The number of hydrogen-bond acceptors (Lipinski definition) is 4. The fraction of sp³-hybridized carbons (Fsp3) is 0.333. The van der Waals surface area contributed by atoms with Crippen LogP contribution in [0.5, 0.6) is 0 Å². The molecule has 0 bridgehead atoms. The molecular formula is C24H29N5S. The van der Waals surface area contributed by atoms with Gasteiger partial charge in [-0.25, -0.2) is 4.68 Å². The zero-order valence-electron chi connectivity index (χ0n) is 17.7. The molecule has 30 heavy (non-hydrogen) atoms. The highest BCUT2D eigenvalue weighted by Gasteiger charge is 2.17. The molecule has 3 aromatic rings. The van der Waals surface area contributed by atoms with Crippen LogP contribution in [0, 0.1) is 18.6 Å². The van der Waals surface area contributed by atoms with Crippen LogP contribution < -0.4 is 0 Å². The first kappa shape index (κ1) is 20.7. The second-order valence-corrected chi connectivity index (χ2v) is 8.31. The van der Waals surface area contributed by atoms with E-state index in [0.717, 1.165) is 49.9 Å². The maximum Gasteiger partial charge on any atom is 0.203 e. The van der Waals surface area contributed by atoms with Gasteiger partial charge in [-0.1, -0.05) is 54.6 Å². The third-order valence-corrected chi connectivity index (χ3v) is 6.04. The molecule has 0 N–H and O–H groups in total. The van der Waals surface area contributed by atoms with Gasteiger partial charge in [-0.2, -0.15) is 5.10 Å². The molecule has 1 aliphatic rings. The van der Waals surface area contributed by atoms with E-state index in [1.54, 1.807) is 0 Å². The van der Waals surface area contributed by atoms with Crippen LogP contribution in [0.15, 0.2) is 60.9 Å².